The van der Waals surface area contributed by atoms with Gasteiger partial charge in [-0.05, 0) is 5.41 Å². The van der Waals surface area contributed by atoms with E-state index in [1.54, 1.807) is 6.08 Å². The van der Waals surface area contributed by atoms with Crippen LogP contribution >= 0.6 is 0 Å². The fraction of sp³-hybridized carbons (Fsp3) is 0.800. The number of hydrogen-bond donors (Lipinski definition) is 2. The van der Waals surface area contributed by atoms with Gasteiger partial charge in [0.1, 0.15) is 0 Å². The molecule has 2 N–H and O–H groups in total. The van der Waals surface area contributed by atoms with Gasteiger partial charge >= 0.3 is 0 Å². The highest BCUT2D eigenvalue weighted by Crippen LogP contribution is 2.20. The molecular formula is C15H29N3O2. The van der Waals surface area contributed by atoms with Gasteiger partial charge in [-0.3, -0.25) is 14.6 Å². The first-order valence-corrected chi connectivity index (χ1v) is 7.33. The van der Waals surface area contributed by atoms with E-state index in [1.807, 2.05) is 0 Å². The molecule has 0 unspecified atom stereocenters. The average Bonchev–Trinajstić information content (AvgIpc) is 2.37. The quantitative estimate of drug-likeness (QED) is 0.689. The predicted molar refractivity (Wildman–Crippen MR) is 81.5 cm³/mol. The highest BCUT2D eigenvalue weighted by Gasteiger charge is 2.26. The first-order chi connectivity index (χ1) is 9.32. The summed E-state index contributed by atoms with van der Waals surface area (Å²) in [6, 6.07) is 0. The van der Waals surface area contributed by atoms with Gasteiger partial charge in [0.2, 0.25) is 5.91 Å². The Morgan fingerprint density at radius 2 is 1.85 bits per heavy atom. The van der Waals surface area contributed by atoms with Gasteiger partial charge in [0, 0.05) is 39.3 Å². The molecule has 1 heterocycles. The molecule has 0 aromatic rings. The third-order valence-corrected chi connectivity index (χ3v) is 3.71. The standard InChI is InChI=1S/C15H29N3O2/c1-5-6-16-14(20)12-18-9-7-17(8-10-18)11-13(19)15(2,3)4/h5,13,19H,1,6-12H2,2-4H3,(H,16,20)/t13-/m0/s1. The molecule has 1 fully saturated rings. The molecule has 1 amide bonds. The summed E-state index contributed by atoms with van der Waals surface area (Å²) in [4.78, 5) is 16.0. The van der Waals surface area contributed by atoms with E-state index in [9.17, 15) is 9.90 Å². The summed E-state index contributed by atoms with van der Waals surface area (Å²) >= 11 is 0. The van der Waals surface area contributed by atoms with Gasteiger partial charge in [-0.1, -0.05) is 26.8 Å². The van der Waals surface area contributed by atoms with Gasteiger partial charge in [-0.15, -0.1) is 6.58 Å². The maximum atomic E-state index is 11.6. The van der Waals surface area contributed by atoms with Crippen molar-refractivity contribution in [1.82, 2.24) is 15.1 Å². The topological polar surface area (TPSA) is 55.8 Å². The molecule has 0 radical (unpaired) electrons. The summed E-state index contributed by atoms with van der Waals surface area (Å²) in [5.74, 6) is 0.0491. The SMILES string of the molecule is C=CCNC(=O)CN1CCN(C[C@H](O)C(C)(C)C)CC1. The van der Waals surface area contributed by atoms with Gasteiger partial charge in [0.05, 0.1) is 12.6 Å². The fourth-order valence-electron chi connectivity index (χ4n) is 2.09. The van der Waals surface area contributed by atoms with E-state index < -0.39 is 0 Å². The molecule has 5 heteroatoms. The molecule has 1 aliphatic rings. The lowest BCUT2D eigenvalue weighted by molar-refractivity contribution is -0.122. The van der Waals surface area contributed by atoms with Crippen molar-refractivity contribution in [2.75, 3.05) is 45.8 Å². The Bertz CT molecular complexity index is 318. The van der Waals surface area contributed by atoms with Crippen LogP contribution in [0.4, 0.5) is 0 Å². The van der Waals surface area contributed by atoms with Crippen LogP contribution in [0.1, 0.15) is 20.8 Å². The van der Waals surface area contributed by atoms with Crippen molar-refractivity contribution in [3.05, 3.63) is 12.7 Å². The normalized spacial score (nSPS) is 19.6. The highest BCUT2D eigenvalue weighted by molar-refractivity contribution is 5.78. The minimum Gasteiger partial charge on any atom is -0.391 e. The van der Waals surface area contributed by atoms with Crippen LogP contribution in [0.2, 0.25) is 0 Å². The lowest BCUT2D eigenvalue weighted by Crippen LogP contribution is -2.52. The number of nitrogens with zero attached hydrogens (tertiary/aromatic N) is 2. The molecule has 1 saturated heterocycles. The highest BCUT2D eigenvalue weighted by atomic mass is 16.3. The van der Waals surface area contributed by atoms with Crippen molar-refractivity contribution in [2.45, 2.75) is 26.9 Å². The second-order valence-electron chi connectivity index (χ2n) is 6.55. The van der Waals surface area contributed by atoms with Crippen molar-refractivity contribution >= 4 is 5.91 Å². The number of carbonyl (C=O) groups is 1. The summed E-state index contributed by atoms with van der Waals surface area (Å²) in [7, 11) is 0. The molecule has 0 aliphatic carbocycles. The predicted octanol–water partition coefficient (Wildman–Crippen LogP) is 0.313. The summed E-state index contributed by atoms with van der Waals surface area (Å²) in [6.45, 7) is 15.0. The lowest BCUT2D eigenvalue weighted by Gasteiger charge is -2.37. The van der Waals surface area contributed by atoms with Crippen molar-refractivity contribution in [3.63, 3.8) is 0 Å². The number of amides is 1. The number of rotatable bonds is 6. The Labute approximate surface area is 122 Å². The van der Waals surface area contributed by atoms with Crippen molar-refractivity contribution < 1.29 is 9.90 Å². The zero-order chi connectivity index (χ0) is 15.2. The maximum absolute atomic E-state index is 11.6. The second kappa shape index (κ2) is 7.76. The van der Waals surface area contributed by atoms with Crippen LogP contribution in [-0.4, -0.2) is 72.7 Å². The summed E-state index contributed by atoms with van der Waals surface area (Å²) in [6.07, 6.45) is 1.37. The van der Waals surface area contributed by atoms with Crippen molar-refractivity contribution in [2.24, 2.45) is 5.41 Å². The Morgan fingerprint density at radius 3 is 2.35 bits per heavy atom. The number of carbonyl (C=O) groups excluding carboxylic acids is 1. The fourth-order valence-corrected chi connectivity index (χ4v) is 2.09. The number of aliphatic hydroxyl groups excluding tert-OH is 1. The van der Waals surface area contributed by atoms with Crippen LogP contribution in [0.25, 0.3) is 0 Å². The molecule has 1 aliphatic heterocycles. The maximum Gasteiger partial charge on any atom is 0.234 e. The minimum atomic E-state index is -0.315. The van der Waals surface area contributed by atoms with Crippen LogP contribution in [-0.2, 0) is 4.79 Å². The number of β-amino-alcohol motifs (C(OH)–C–C–N with tert-alkyl or cyclic N) is 1. The first kappa shape index (κ1) is 17.1. The smallest absolute Gasteiger partial charge is 0.234 e. The Kier molecular flexibility index (Phi) is 6.65. The second-order valence-corrected chi connectivity index (χ2v) is 6.55. The number of aliphatic hydroxyl groups is 1. The lowest BCUT2D eigenvalue weighted by atomic mass is 9.89. The first-order valence-electron chi connectivity index (χ1n) is 7.33. The molecule has 0 bridgehead atoms. The molecular weight excluding hydrogens is 254 g/mol. The Hall–Kier alpha value is -0.910. The molecule has 5 nitrogen and oxygen atoms in total. The third kappa shape index (κ3) is 6.03. The van der Waals surface area contributed by atoms with Gasteiger partial charge < -0.3 is 10.4 Å². The van der Waals surface area contributed by atoms with E-state index in [1.165, 1.54) is 0 Å². The summed E-state index contributed by atoms with van der Waals surface area (Å²) in [5.41, 5.74) is -0.0816. The largest absolute Gasteiger partial charge is 0.391 e. The molecule has 0 aromatic carbocycles. The Morgan fingerprint density at radius 1 is 1.30 bits per heavy atom. The molecule has 20 heavy (non-hydrogen) atoms. The van der Waals surface area contributed by atoms with Crippen LogP contribution in [0, 0.1) is 5.41 Å². The average molecular weight is 283 g/mol. The molecule has 0 aromatic heterocycles. The number of hydrogen-bond acceptors (Lipinski definition) is 4. The Balaban J connectivity index is 2.26. The zero-order valence-corrected chi connectivity index (χ0v) is 13.1. The van der Waals surface area contributed by atoms with Gasteiger partial charge in [0.25, 0.3) is 0 Å². The van der Waals surface area contributed by atoms with E-state index in [-0.39, 0.29) is 17.4 Å². The van der Waals surface area contributed by atoms with E-state index in [0.29, 0.717) is 19.6 Å². The van der Waals surface area contributed by atoms with Crippen molar-refractivity contribution in [1.29, 1.82) is 0 Å². The van der Waals surface area contributed by atoms with E-state index in [4.69, 9.17) is 0 Å². The van der Waals surface area contributed by atoms with Crippen molar-refractivity contribution in [3.8, 4) is 0 Å². The minimum absolute atomic E-state index is 0.0491. The monoisotopic (exact) mass is 283 g/mol. The number of nitrogens with one attached hydrogen (secondary N) is 1. The van der Waals surface area contributed by atoms with E-state index in [0.717, 1.165) is 26.2 Å². The molecule has 1 rings (SSSR count). The van der Waals surface area contributed by atoms with Gasteiger partial charge in [-0.25, -0.2) is 0 Å². The van der Waals surface area contributed by atoms with Crippen LogP contribution < -0.4 is 5.32 Å². The zero-order valence-electron chi connectivity index (χ0n) is 13.1. The summed E-state index contributed by atoms with van der Waals surface area (Å²) in [5, 5.41) is 12.9. The molecule has 0 spiro atoms. The van der Waals surface area contributed by atoms with Crippen LogP contribution in [0.3, 0.4) is 0 Å². The van der Waals surface area contributed by atoms with E-state index >= 15 is 0 Å². The summed E-state index contributed by atoms with van der Waals surface area (Å²) < 4.78 is 0. The number of piperazine rings is 1. The van der Waals surface area contributed by atoms with E-state index in [2.05, 4.69) is 42.5 Å². The van der Waals surface area contributed by atoms with Crippen LogP contribution in [0.5, 0.6) is 0 Å². The van der Waals surface area contributed by atoms with Crippen LogP contribution in [0.15, 0.2) is 12.7 Å². The molecule has 0 saturated carbocycles. The van der Waals surface area contributed by atoms with Gasteiger partial charge in [-0.2, -0.15) is 0 Å². The molecule has 1 atom stereocenters. The third-order valence-electron chi connectivity index (χ3n) is 3.71. The molecule has 116 valence electrons. The van der Waals surface area contributed by atoms with Gasteiger partial charge in [0.15, 0.2) is 0 Å².